The van der Waals surface area contributed by atoms with Gasteiger partial charge in [0.25, 0.3) is 0 Å². The lowest BCUT2D eigenvalue weighted by atomic mass is 10.1. The molecule has 0 radical (unpaired) electrons. The molecular weight excluding hydrogens is 368 g/mol. The molecule has 0 aliphatic carbocycles. The highest BCUT2D eigenvalue weighted by Gasteiger charge is 2.18. The molecule has 0 saturated heterocycles. The van der Waals surface area contributed by atoms with E-state index in [1.54, 1.807) is 16.2 Å². The predicted molar refractivity (Wildman–Crippen MR) is 101 cm³/mol. The van der Waals surface area contributed by atoms with Crippen LogP contribution >= 0.6 is 11.6 Å². The van der Waals surface area contributed by atoms with E-state index in [-0.39, 0.29) is 17.8 Å². The fraction of sp³-hybridized carbons (Fsp3) is 0.278. The van der Waals surface area contributed by atoms with Crippen molar-refractivity contribution in [2.24, 2.45) is 0 Å². The minimum Gasteiger partial charge on any atom is -0.465 e. The van der Waals surface area contributed by atoms with Gasteiger partial charge in [-0.2, -0.15) is 15.1 Å². The molecule has 138 valence electrons. The van der Waals surface area contributed by atoms with Crippen LogP contribution in [0.5, 0.6) is 0 Å². The molecule has 0 amide bonds. The first-order valence-corrected chi connectivity index (χ1v) is 9.00. The van der Waals surface area contributed by atoms with Gasteiger partial charge in [-0.15, -0.1) is 0 Å². The second-order valence-corrected chi connectivity index (χ2v) is 6.26. The van der Waals surface area contributed by atoms with Crippen molar-refractivity contribution < 1.29 is 9.53 Å². The number of aromatic nitrogens is 6. The summed E-state index contributed by atoms with van der Waals surface area (Å²) in [5.41, 5.74) is 3.07. The van der Waals surface area contributed by atoms with Crippen LogP contribution in [-0.2, 0) is 22.5 Å². The Morgan fingerprint density at radius 2 is 2.11 bits per heavy atom. The average Bonchev–Trinajstić information content (AvgIpc) is 3.25. The molecule has 0 spiro atoms. The second-order valence-electron chi connectivity index (χ2n) is 5.93. The number of hydrogen-bond donors (Lipinski definition) is 0. The minimum absolute atomic E-state index is 0.00302. The van der Waals surface area contributed by atoms with Gasteiger partial charge in [-0.3, -0.25) is 4.79 Å². The summed E-state index contributed by atoms with van der Waals surface area (Å²) < 4.78 is 8.29. The monoisotopic (exact) mass is 384 g/mol. The molecule has 4 aromatic rings. The van der Waals surface area contributed by atoms with E-state index in [1.807, 2.05) is 18.3 Å². The molecule has 0 saturated carbocycles. The van der Waals surface area contributed by atoms with E-state index in [2.05, 4.69) is 33.0 Å². The van der Waals surface area contributed by atoms with Crippen LogP contribution in [0.1, 0.15) is 19.4 Å². The van der Waals surface area contributed by atoms with Crippen LogP contribution in [0.4, 0.5) is 0 Å². The first kappa shape index (κ1) is 17.4. The lowest BCUT2D eigenvalue weighted by Crippen LogP contribution is -2.13. The quantitative estimate of drug-likeness (QED) is 0.388. The topological polar surface area (TPSA) is 87.7 Å². The van der Waals surface area contributed by atoms with Crippen LogP contribution in [0.15, 0.2) is 30.7 Å². The summed E-state index contributed by atoms with van der Waals surface area (Å²) in [6.45, 7) is 4.17. The number of nitrogens with zero attached hydrogens (tertiary/aromatic N) is 6. The lowest BCUT2D eigenvalue weighted by Gasteiger charge is -2.07. The smallest absolute Gasteiger partial charge is 0.326 e. The van der Waals surface area contributed by atoms with Crippen molar-refractivity contribution in [3.8, 4) is 5.82 Å². The summed E-state index contributed by atoms with van der Waals surface area (Å²) in [6.07, 6.45) is 4.24. The van der Waals surface area contributed by atoms with Crippen LogP contribution in [0, 0.1) is 0 Å². The number of fused-ring (bicyclic) bond motifs is 2. The van der Waals surface area contributed by atoms with Crippen LogP contribution in [-0.4, -0.2) is 41.9 Å². The van der Waals surface area contributed by atoms with Gasteiger partial charge < -0.3 is 9.30 Å². The summed E-state index contributed by atoms with van der Waals surface area (Å²) >= 11 is 6.16. The van der Waals surface area contributed by atoms with Crippen molar-refractivity contribution >= 4 is 39.6 Å². The third kappa shape index (κ3) is 3.02. The van der Waals surface area contributed by atoms with E-state index in [4.69, 9.17) is 16.3 Å². The molecule has 27 heavy (non-hydrogen) atoms. The molecule has 1 aromatic carbocycles. The maximum Gasteiger partial charge on any atom is 0.326 e. The van der Waals surface area contributed by atoms with Crippen molar-refractivity contribution in [1.82, 2.24) is 29.3 Å². The lowest BCUT2D eigenvalue weighted by molar-refractivity contribution is -0.143. The summed E-state index contributed by atoms with van der Waals surface area (Å²) in [5.74, 6) is 0.0982. The number of halogens is 1. The largest absolute Gasteiger partial charge is 0.465 e. The summed E-state index contributed by atoms with van der Waals surface area (Å²) in [6, 6.07) is 6.03. The Labute approximate surface area is 159 Å². The van der Waals surface area contributed by atoms with Gasteiger partial charge in [0.05, 0.1) is 24.6 Å². The van der Waals surface area contributed by atoms with Gasteiger partial charge in [-0.1, -0.05) is 19.1 Å². The second kappa shape index (κ2) is 6.96. The molecule has 0 aliphatic rings. The molecule has 0 aliphatic heterocycles. The van der Waals surface area contributed by atoms with E-state index >= 15 is 0 Å². The number of carbonyl (C=O) groups is 1. The number of rotatable bonds is 5. The van der Waals surface area contributed by atoms with Gasteiger partial charge in [0.15, 0.2) is 17.0 Å². The molecule has 3 aromatic heterocycles. The van der Waals surface area contributed by atoms with Gasteiger partial charge in [0.1, 0.15) is 6.54 Å². The number of ether oxygens (including phenoxy) is 1. The molecule has 0 fully saturated rings. The standard InChI is InChI=1S/C18H17ClN6O2/c1-3-11-6-5-7-13-12(11)8-21-25(13)17-15-16(22-18(19)23-17)24(10-20-15)9-14(26)27-4-2/h5-8,10H,3-4,9H2,1-2H3. The number of aryl methyl sites for hydroxylation is 1. The molecular formula is C18H17ClN6O2. The Hall–Kier alpha value is -3.00. The number of imidazole rings is 1. The Morgan fingerprint density at radius 3 is 2.89 bits per heavy atom. The molecule has 3 heterocycles. The molecule has 0 atom stereocenters. The van der Waals surface area contributed by atoms with Crippen LogP contribution in [0.2, 0.25) is 5.28 Å². The molecule has 0 N–H and O–H groups in total. The van der Waals surface area contributed by atoms with E-state index in [9.17, 15) is 4.79 Å². The summed E-state index contributed by atoms with van der Waals surface area (Å²) in [4.78, 5) is 24.8. The van der Waals surface area contributed by atoms with E-state index in [0.717, 1.165) is 17.3 Å². The Balaban J connectivity index is 1.88. The van der Waals surface area contributed by atoms with Gasteiger partial charge >= 0.3 is 5.97 Å². The Kier molecular flexibility index (Phi) is 4.49. The number of benzene rings is 1. The van der Waals surface area contributed by atoms with Crippen molar-refractivity contribution in [3.63, 3.8) is 0 Å². The third-order valence-electron chi connectivity index (χ3n) is 4.31. The van der Waals surface area contributed by atoms with Gasteiger partial charge in [-0.25, -0.2) is 9.67 Å². The van der Waals surface area contributed by atoms with Crippen molar-refractivity contribution in [2.75, 3.05) is 6.61 Å². The summed E-state index contributed by atoms with van der Waals surface area (Å²) in [5, 5.41) is 5.60. The summed E-state index contributed by atoms with van der Waals surface area (Å²) in [7, 11) is 0. The highest BCUT2D eigenvalue weighted by atomic mass is 35.5. The predicted octanol–water partition coefficient (Wildman–Crippen LogP) is 2.94. The number of carbonyl (C=O) groups excluding carboxylic acids is 1. The van der Waals surface area contributed by atoms with Gasteiger partial charge in [0.2, 0.25) is 5.28 Å². The van der Waals surface area contributed by atoms with Gasteiger partial charge in [-0.05, 0) is 36.6 Å². The zero-order valence-corrected chi connectivity index (χ0v) is 15.6. The zero-order valence-electron chi connectivity index (χ0n) is 14.9. The van der Waals surface area contributed by atoms with Gasteiger partial charge in [0, 0.05) is 5.39 Å². The molecule has 0 bridgehead atoms. The fourth-order valence-electron chi connectivity index (χ4n) is 3.10. The average molecular weight is 385 g/mol. The first-order chi connectivity index (χ1) is 13.1. The van der Waals surface area contributed by atoms with E-state index < -0.39 is 0 Å². The highest BCUT2D eigenvalue weighted by molar-refractivity contribution is 6.28. The number of hydrogen-bond acceptors (Lipinski definition) is 6. The fourth-order valence-corrected chi connectivity index (χ4v) is 3.26. The van der Waals surface area contributed by atoms with E-state index in [0.29, 0.717) is 23.6 Å². The third-order valence-corrected chi connectivity index (χ3v) is 4.48. The SMILES string of the molecule is CCOC(=O)Cn1cnc2c(-n3ncc4c(CC)cccc43)nc(Cl)nc21. The van der Waals surface area contributed by atoms with Crippen molar-refractivity contribution in [3.05, 3.63) is 41.6 Å². The maximum atomic E-state index is 11.8. The van der Waals surface area contributed by atoms with Crippen LogP contribution in [0.3, 0.4) is 0 Å². The van der Waals surface area contributed by atoms with Crippen LogP contribution < -0.4 is 0 Å². The molecule has 9 heteroatoms. The van der Waals surface area contributed by atoms with E-state index in [1.165, 1.54) is 11.9 Å². The molecule has 0 unspecified atom stereocenters. The van der Waals surface area contributed by atoms with Crippen LogP contribution in [0.25, 0.3) is 27.9 Å². The number of esters is 1. The first-order valence-electron chi connectivity index (χ1n) is 8.62. The normalized spacial score (nSPS) is 11.4. The van der Waals surface area contributed by atoms with Crippen molar-refractivity contribution in [2.45, 2.75) is 26.8 Å². The highest BCUT2D eigenvalue weighted by Crippen LogP contribution is 2.25. The maximum absolute atomic E-state index is 11.8. The molecule has 8 nitrogen and oxygen atoms in total. The van der Waals surface area contributed by atoms with Crippen molar-refractivity contribution in [1.29, 1.82) is 0 Å². The Morgan fingerprint density at radius 1 is 1.26 bits per heavy atom. The zero-order chi connectivity index (χ0) is 19.0. The molecule has 4 rings (SSSR count). The minimum atomic E-state index is -0.370. The Bertz CT molecular complexity index is 1150.